The molecule has 40 heavy (non-hydrogen) atoms. The lowest BCUT2D eigenvalue weighted by molar-refractivity contribution is -0.140. The van der Waals surface area contributed by atoms with Gasteiger partial charge in [-0.25, -0.2) is 8.42 Å². The van der Waals surface area contributed by atoms with Gasteiger partial charge in [-0.1, -0.05) is 48.4 Å². The molecule has 0 fully saturated rings. The van der Waals surface area contributed by atoms with E-state index in [1.807, 2.05) is 26.0 Å². The Bertz CT molecular complexity index is 1430. The highest BCUT2D eigenvalue weighted by molar-refractivity contribution is 7.92. The number of nitrogens with one attached hydrogen (secondary N) is 1. The van der Waals surface area contributed by atoms with E-state index in [0.29, 0.717) is 35.0 Å². The van der Waals surface area contributed by atoms with E-state index in [4.69, 9.17) is 16.3 Å². The summed E-state index contributed by atoms with van der Waals surface area (Å²) in [6.45, 7) is 7.23. The van der Waals surface area contributed by atoms with Gasteiger partial charge in [-0.05, 0) is 80.8 Å². The number of halogens is 1. The molecule has 0 aliphatic carbocycles. The van der Waals surface area contributed by atoms with Crippen LogP contribution >= 0.6 is 11.6 Å². The predicted molar refractivity (Wildman–Crippen MR) is 158 cm³/mol. The molecular formula is C30H36ClN3O5S. The van der Waals surface area contributed by atoms with Gasteiger partial charge in [0.15, 0.2) is 0 Å². The van der Waals surface area contributed by atoms with Crippen molar-refractivity contribution in [3.8, 4) is 5.75 Å². The van der Waals surface area contributed by atoms with Crippen LogP contribution in [0.4, 0.5) is 5.69 Å². The Morgan fingerprint density at radius 2 is 1.62 bits per heavy atom. The number of likely N-dealkylation sites (N-methyl/N-ethyl adjacent to an activating group) is 1. The highest BCUT2D eigenvalue weighted by Gasteiger charge is 2.34. The van der Waals surface area contributed by atoms with Crippen molar-refractivity contribution in [2.75, 3.05) is 24.5 Å². The molecule has 0 saturated carbocycles. The van der Waals surface area contributed by atoms with Crippen molar-refractivity contribution in [2.45, 2.75) is 51.6 Å². The van der Waals surface area contributed by atoms with E-state index in [1.54, 1.807) is 63.4 Å². The first-order valence-electron chi connectivity index (χ1n) is 13.1. The summed E-state index contributed by atoms with van der Waals surface area (Å²) >= 11 is 6.17. The third kappa shape index (κ3) is 7.34. The highest BCUT2D eigenvalue weighted by atomic mass is 35.5. The maximum atomic E-state index is 14.1. The molecule has 1 atom stereocenters. The predicted octanol–water partition coefficient (Wildman–Crippen LogP) is 5.10. The lowest BCUT2D eigenvalue weighted by atomic mass is 10.1. The van der Waals surface area contributed by atoms with Gasteiger partial charge in [-0.15, -0.1) is 0 Å². The van der Waals surface area contributed by atoms with Gasteiger partial charge in [0.2, 0.25) is 11.8 Å². The molecule has 0 spiro atoms. The van der Waals surface area contributed by atoms with Gasteiger partial charge in [-0.3, -0.25) is 13.9 Å². The van der Waals surface area contributed by atoms with Gasteiger partial charge in [0, 0.05) is 18.1 Å². The average molecular weight is 586 g/mol. The highest BCUT2D eigenvalue weighted by Crippen LogP contribution is 2.30. The number of hydrogen-bond donors (Lipinski definition) is 1. The molecule has 3 aromatic carbocycles. The molecule has 0 unspecified atom stereocenters. The lowest BCUT2D eigenvalue weighted by Crippen LogP contribution is -2.52. The number of ether oxygens (including phenoxy) is 1. The van der Waals surface area contributed by atoms with Crippen LogP contribution in [0.1, 0.15) is 37.0 Å². The Hall–Kier alpha value is -3.56. The van der Waals surface area contributed by atoms with E-state index in [9.17, 15) is 18.0 Å². The number of hydrogen-bond acceptors (Lipinski definition) is 5. The van der Waals surface area contributed by atoms with Gasteiger partial charge < -0.3 is 15.0 Å². The van der Waals surface area contributed by atoms with Gasteiger partial charge in [-0.2, -0.15) is 0 Å². The number of aryl methyl sites for hydroxylation is 2. The molecule has 3 rings (SSSR count). The number of amides is 2. The molecular weight excluding hydrogens is 550 g/mol. The number of anilines is 1. The Labute approximate surface area is 241 Å². The monoisotopic (exact) mass is 585 g/mol. The summed E-state index contributed by atoms with van der Waals surface area (Å²) in [7, 11) is -2.59. The van der Waals surface area contributed by atoms with Crippen molar-refractivity contribution >= 4 is 39.1 Å². The fourth-order valence-corrected chi connectivity index (χ4v) is 6.09. The Morgan fingerprint density at radius 3 is 2.17 bits per heavy atom. The van der Waals surface area contributed by atoms with Gasteiger partial charge in [0.1, 0.15) is 18.3 Å². The van der Waals surface area contributed by atoms with E-state index in [-0.39, 0.29) is 17.3 Å². The van der Waals surface area contributed by atoms with Crippen molar-refractivity contribution in [3.63, 3.8) is 0 Å². The second kappa shape index (κ2) is 13.7. The number of nitrogens with zero attached hydrogens (tertiary/aromatic N) is 2. The van der Waals surface area contributed by atoms with Crippen molar-refractivity contribution in [2.24, 2.45) is 0 Å². The minimum atomic E-state index is -4.15. The maximum Gasteiger partial charge on any atom is 0.264 e. The zero-order valence-electron chi connectivity index (χ0n) is 23.5. The summed E-state index contributed by atoms with van der Waals surface area (Å²) in [4.78, 5) is 28.6. The summed E-state index contributed by atoms with van der Waals surface area (Å²) < 4.78 is 34.3. The molecule has 0 aromatic heterocycles. The summed E-state index contributed by atoms with van der Waals surface area (Å²) in [5, 5.41) is 3.25. The van der Waals surface area contributed by atoms with Crippen molar-refractivity contribution in [1.82, 2.24) is 10.2 Å². The second-order valence-corrected chi connectivity index (χ2v) is 11.7. The molecule has 10 heteroatoms. The van der Waals surface area contributed by atoms with E-state index in [2.05, 4.69) is 5.32 Å². The Kier molecular flexibility index (Phi) is 10.6. The van der Waals surface area contributed by atoms with Crippen LogP contribution < -0.4 is 14.4 Å². The lowest BCUT2D eigenvalue weighted by Gasteiger charge is -2.33. The third-order valence-corrected chi connectivity index (χ3v) is 8.57. The molecule has 0 aliphatic rings. The molecule has 0 aliphatic heterocycles. The van der Waals surface area contributed by atoms with Crippen LogP contribution in [0.2, 0.25) is 5.02 Å². The second-order valence-electron chi connectivity index (χ2n) is 9.44. The SMILES string of the molecule is CCNC(=O)[C@@H](CC)N(Cc1ccc(OC)cc1)C(=O)CN(c1ccc(Cl)cc1C)S(=O)(=O)c1ccc(C)cc1. The van der Waals surface area contributed by atoms with Crippen molar-refractivity contribution < 1.29 is 22.7 Å². The van der Waals surface area contributed by atoms with Crippen molar-refractivity contribution in [3.05, 3.63) is 88.4 Å². The largest absolute Gasteiger partial charge is 0.497 e. The zero-order valence-corrected chi connectivity index (χ0v) is 25.1. The summed E-state index contributed by atoms with van der Waals surface area (Å²) in [6, 6.07) is 17.7. The van der Waals surface area contributed by atoms with Crippen LogP contribution in [0.5, 0.6) is 5.75 Å². The van der Waals surface area contributed by atoms with E-state index in [0.717, 1.165) is 15.4 Å². The van der Waals surface area contributed by atoms with E-state index >= 15 is 0 Å². The topological polar surface area (TPSA) is 96.0 Å². The molecule has 2 amide bonds. The fourth-order valence-electron chi connectivity index (χ4n) is 4.39. The maximum absolute atomic E-state index is 14.1. The zero-order chi connectivity index (χ0) is 29.4. The molecule has 0 saturated heterocycles. The van der Waals surface area contributed by atoms with Crippen LogP contribution in [0.15, 0.2) is 71.6 Å². The smallest absolute Gasteiger partial charge is 0.264 e. The molecule has 8 nitrogen and oxygen atoms in total. The van der Waals surface area contributed by atoms with Gasteiger partial charge in [0.05, 0.1) is 17.7 Å². The first-order chi connectivity index (χ1) is 19.0. The molecule has 3 aromatic rings. The summed E-state index contributed by atoms with van der Waals surface area (Å²) in [6.07, 6.45) is 0.346. The average Bonchev–Trinajstić information content (AvgIpc) is 2.92. The Balaban J connectivity index is 2.08. The van der Waals surface area contributed by atoms with Crippen molar-refractivity contribution in [1.29, 1.82) is 0 Å². The number of methoxy groups -OCH3 is 1. The molecule has 1 N–H and O–H groups in total. The normalized spacial score (nSPS) is 11.9. The van der Waals surface area contributed by atoms with Gasteiger partial charge >= 0.3 is 0 Å². The van der Waals surface area contributed by atoms with E-state index < -0.39 is 28.5 Å². The van der Waals surface area contributed by atoms with Crippen LogP contribution in [-0.2, 0) is 26.2 Å². The minimum Gasteiger partial charge on any atom is -0.497 e. The number of benzene rings is 3. The number of rotatable bonds is 12. The van der Waals surface area contributed by atoms with E-state index in [1.165, 1.54) is 17.0 Å². The minimum absolute atomic E-state index is 0.0534. The van der Waals surface area contributed by atoms with Gasteiger partial charge in [0.25, 0.3) is 10.0 Å². The fraction of sp³-hybridized carbons (Fsp3) is 0.333. The number of carbonyl (C=O) groups excluding carboxylic acids is 2. The molecule has 0 heterocycles. The quantitative estimate of drug-likeness (QED) is 0.319. The molecule has 0 radical (unpaired) electrons. The first kappa shape index (κ1) is 31.0. The number of carbonyl (C=O) groups is 2. The number of sulfonamides is 1. The summed E-state index contributed by atoms with van der Waals surface area (Å²) in [5.74, 6) is -0.160. The standard InChI is InChI=1S/C30H36ClN3O5S/c1-6-27(30(36)32-7-2)33(19-23-10-13-25(39-5)14-11-23)29(35)20-34(28-17-12-24(31)18-22(28)4)40(37,38)26-15-8-21(3)9-16-26/h8-18,27H,6-7,19-20H2,1-5H3,(H,32,36)/t27-/m1/s1. The molecule has 214 valence electrons. The van der Waals surface area contributed by atoms with Crippen LogP contribution in [0.25, 0.3) is 0 Å². The summed E-state index contributed by atoms with van der Waals surface area (Å²) in [5.41, 5.74) is 2.59. The third-order valence-electron chi connectivity index (χ3n) is 6.56. The molecule has 0 bridgehead atoms. The first-order valence-corrected chi connectivity index (χ1v) is 14.9. The Morgan fingerprint density at radius 1 is 0.975 bits per heavy atom. The van der Waals surface area contributed by atoms with Crippen LogP contribution in [-0.4, -0.2) is 51.4 Å². The van der Waals surface area contributed by atoms with Crippen LogP contribution in [0.3, 0.4) is 0 Å². The van der Waals surface area contributed by atoms with Crippen LogP contribution in [0, 0.1) is 13.8 Å².